The molecule has 1 N–H and O–H groups in total. The van der Waals surface area contributed by atoms with Gasteiger partial charge in [0, 0.05) is 0 Å². The van der Waals surface area contributed by atoms with Gasteiger partial charge in [0.2, 0.25) is 0 Å². The van der Waals surface area contributed by atoms with E-state index in [1.165, 1.54) is 30.4 Å². The van der Waals surface area contributed by atoms with Crippen molar-refractivity contribution in [2.24, 2.45) is 5.92 Å². The van der Waals surface area contributed by atoms with E-state index < -0.39 is 0 Å². The Bertz CT molecular complexity index is 369. The van der Waals surface area contributed by atoms with Gasteiger partial charge in [-0.2, -0.15) is 0 Å². The molecule has 0 saturated heterocycles. The molecule has 0 heterocycles. The lowest BCUT2D eigenvalue weighted by Crippen LogP contribution is -2.02. The predicted octanol–water partition coefficient (Wildman–Crippen LogP) is 2.62. The van der Waals surface area contributed by atoms with Gasteiger partial charge in [0.05, 0.1) is 0 Å². The first-order valence-corrected chi connectivity index (χ1v) is 5.05. The van der Waals surface area contributed by atoms with E-state index >= 15 is 0 Å². The summed E-state index contributed by atoms with van der Waals surface area (Å²) in [7, 11) is 0. The van der Waals surface area contributed by atoms with Crippen LogP contribution in [0.1, 0.15) is 30.9 Å². The number of fused-ring (bicyclic) bond motifs is 2. The fourth-order valence-corrected chi connectivity index (χ4v) is 2.95. The molecule has 2 aliphatic rings. The van der Waals surface area contributed by atoms with Crippen molar-refractivity contribution in [1.29, 1.82) is 0 Å². The molecule has 0 bridgehead atoms. The number of rotatable bonds is 0. The van der Waals surface area contributed by atoms with E-state index in [0.29, 0.717) is 11.2 Å². The minimum absolute atomic E-state index is 0.430. The first-order valence-electron chi connectivity index (χ1n) is 5.05. The first-order chi connectivity index (χ1) is 6.22. The van der Waals surface area contributed by atoms with E-state index in [1.807, 2.05) is 12.1 Å². The van der Waals surface area contributed by atoms with E-state index in [2.05, 4.69) is 13.0 Å². The van der Waals surface area contributed by atoms with Gasteiger partial charge in [0.1, 0.15) is 5.75 Å². The van der Waals surface area contributed by atoms with Crippen molar-refractivity contribution in [3.8, 4) is 5.75 Å². The first kappa shape index (κ1) is 7.43. The smallest absolute Gasteiger partial charge is 0.115 e. The van der Waals surface area contributed by atoms with Crippen LogP contribution in [0.3, 0.4) is 0 Å². The standard InChI is InChI=1S/C12H14O/c1-8-7-12(8)5-4-9-2-3-10(13)6-11(9)12/h2-3,6,8,13H,4-5,7H2,1H3/t8-,12-/m1/s1. The van der Waals surface area contributed by atoms with Crippen molar-refractivity contribution in [1.82, 2.24) is 0 Å². The maximum absolute atomic E-state index is 9.44. The van der Waals surface area contributed by atoms with Gasteiger partial charge in [-0.1, -0.05) is 13.0 Å². The molecule has 0 unspecified atom stereocenters. The summed E-state index contributed by atoms with van der Waals surface area (Å²) in [5.41, 5.74) is 3.36. The monoisotopic (exact) mass is 174 g/mol. The molecule has 0 amide bonds. The number of benzene rings is 1. The number of phenolic OH excluding ortho intramolecular Hbond substituents is 1. The minimum atomic E-state index is 0.430. The summed E-state index contributed by atoms with van der Waals surface area (Å²) in [6, 6.07) is 5.88. The molecule has 68 valence electrons. The molecular formula is C12H14O. The summed E-state index contributed by atoms with van der Waals surface area (Å²) in [4.78, 5) is 0. The third kappa shape index (κ3) is 0.822. The Morgan fingerprint density at radius 1 is 1.46 bits per heavy atom. The van der Waals surface area contributed by atoms with Gasteiger partial charge in [0.25, 0.3) is 0 Å². The maximum atomic E-state index is 9.44. The van der Waals surface area contributed by atoms with E-state index in [-0.39, 0.29) is 0 Å². The third-order valence-corrected chi connectivity index (χ3v) is 3.92. The second-order valence-corrected chi connectivity index (χ2v) is 4.60. The summed E-state index contributed by atoms with van der Waals surface area (Å²) in [5.74, 6) is 1.26. The normalized spacial score (nSPS) is 35.0. The quantitative estimate of drug-likeness (QED) is 0.641. The highest BCUT2D eigenvalue weighted by Crippen LogP contribution is 2.61. The Balaban J connectivity index is 2.15. The van der Waals surface area contributed by atoms with Crippen LogP contribution in [-0.4, -0.2) is 5.11 Å². The van der Waals surface area contributed by atoms with Gasteiger partial charge in [-0.3, -0.25) is 0 Å². The fourth-order valence-electron chi connectivity index (χ4n) is 2.95. The highest BCUT2D eigenvalue weighted by atomic mass is 16.3. The molecule has 3 rings (SSSR count). The van der Waals surface area contributed by atoms with Crippen LogP contribution in [0.2, 0.25) is 0 Å². The van der Waals surface area contributed by atoms with Gasteiger partial charge >= 0.3 is 0 Å². The Morgan fingerprint density at radius 3 is 2.92 bits per heavy atom. The summed E-state index contributed by atoms with van der Waals surface area (Å²) in [6.45, 7) is 2.32. The van der Waals surface area contributed by atoms with E-state index in [1.54, 1.807) is 0 Å². The Kier molecular flexibility index (Phi) is 1.19. The number of hydrogen-bond donors (Lipinski definition) is 1. The van der Waals surface area contributed by atoms with Crippen molar-refractivity contribution in [3.63, 3.8) is 0 Å². The number of aromatic hydroxyl groups is 1. The molecule has 2 atom stereocenters. The van der Waals surface area contributed by atoms with Gasteiger partial charge in [-0.15, -0.1) is 0 Å². The second kappa shape index (κ2) is 2.09. The number of phenols is 1. The van der Waals surface area contributed by atoms with Crippen LogP contribution in [0, 0.1) is 5.92 Å². The number of hydrogen-bond acceptors (Lipinski definition) is 1. The lowest BCUT2D eigenvalue weighted by Gasteiger charge is -2.09. The van der Waals surface area contributed by atoms with Crippen LogP contribution in [0.4, 0.5) is 0 Å². The Hall–Kier alpha value is -0.980. The van der Waals surface area contributed by atoms with Gasteiger partial charge in [0.15, 0.2) is 0 Å². The lowest BCUT2D eigenvalue weighted by molar-refractivity contribution is 0.473. The van der Waals surface area contributed by atoms with Crippen LogP contribution in [0.15, 0.2) is 18.2 Å². The third-order valence-electron chi connectivity index (χ3n) is 3.92. The topological polar surface area (TPSA) is 20.2 Å². The molecule has 1 nitrogen and oxygen atoms in total. The van der Waals surface area contributed by atoms with Crippen molar-refractivity contribution in [2.75, 3.05) is 0 Å². The van der Waals surface area contributed by atoms with Gasteiger partial charge in [-0.25, -0.2) is 0 Å². The average Bonchev–Trinajstić information content (AvgIpc) is 2.61. The minimum Gasteiger partial charge on any atom is -0.508 e. The second-order valence-electron chi connectivity index (χ2n) is 4.60. The average molecular weight is 174 g/mol. The summed E-state index contributed by atoms with van der Waals surface area (Å²) >= 11 is 0. The van der Waals surface area contributed by atoms with Crippen LogP contribution >= 0.6 is 0 Å². The summed E-state index contributed by atoms with van der Waals surface area (Å²) in [6.07, 6.45) is 3.83. The predicted molar refractivity (Wildman–Crippen MR) is 51.9 cm³/mol. The van der Waals surface area contributed by atoms with E-state index in [0.717, 1.165) is 5.92 Å². The molecule has 13 heavy (non-hydrogen) atoms. The Morgan fingerprint density at radius 2 is 2.23 bits per heavy atom. The largest absolute Gasteiger partial charge is 0.508 e. The van der Waals surface area contributed by atoms with Gasteiger partial charge in [-0.05, 0) is 53.9 Å². The molecule has 1 fully saturated rings. The molecule has 1 aromatic carbocycles. The van der Waals surface area contributed by atoms with E-state index in [9.17, 15) is 5.11 Å². The molecule has 1 heteroatoms. The molecule has 1 aromatic rings. The molecule has 2 aliphatic carbocycles. The zero-order valence-corrected chi connectivity index (χ0v) is 7.88. The molecule has 0 radical (unpaired) electrons. The number of aryl methyl sites for hydroxylation is 1. The Labute approximate surface area is 78.4 Å². The van der Waals surface area contributed by atoms with Crippen molar-refractivity contribution in [3.05, 3.63) is 29.3 Å². The highest BCUT2D eigenvalue weighted by molar-refractivity contribution is 5.48. The molecular weight excluding hydrogens is 160 g/mol. The molecule has 1 spiro atoms. The zero-order chi connectivity index (χ0) is 9.05. The van der Waals surface area contributed by atoms with Gasteiger partial charge < -0.3 is 5.11 Å². The van der Waals surface area contributed by atoms with Crippen molar-refractivity contribution < 1.29 is 5.11 Å². The van der Waals surface area contributed by atoms with Crippen LogP contribution in [0.25, 0.3) is 0 Å². The molecule has 0 aromatic heterocycles. The van der Waals surface area contributed by atoms with Crippen molar-refractivity contribution >= 4 is 0 Å². The molecule has 1 saturated carbocycles. The van der Waals surface area contributed by atoms with Crippen LogP contribution in [0.5, 0.6) is 5.75 Å². The highest BCUT2D eigenvalue weighted by Gasteiger charge is 2.55. The van der Waals surface area contributed by atoms with Crippen LogP contribution in [-0.2, 0) is 11.8 Å². The fraction of sp³-hybridized carbons (Fsp3) is 0.500. The maximum Gasteiger partial charge on any atom is 0.115 e. The van der Waals surface area contributed by atoms with Crippen molar-refractivity contribution in [2.45, 2.75) is 31.6 Å². The summed E-state index contributed by atoms with van der Waals surface area (Å²) in [5, 5.41) is 9.44. The SMILES string of the molecule is C[C@@H]1C[C@]12CCc1ccc(O)cc12. The van der Waals surface area contributed by atoms with E-state index in [4.69, 9.17) is 0 Å². The summed E-state index contributed by atoms with van der Waals surface area (Å²) < 4.78 is 0. The lowest BCUT2D eigenvalue weighted by atomic mass is 9.96. The zero-order valence-electron chi connectivity index (χ0n) is 7.88. The van der Waals surface area contributed by atoms with Crippen LogP contribution < -0.4 is 0 Å². The molecule has 0 aliphatic heterocycles.